The lowest BCUT2D eigenvalue weighted by molar-refractivity contribution is -0.115. The minimum atomic E-state index is -0.00902. The van der Waals surface area contributed by atoms with Crippen LogP contribution in [0.25, 0.3) is 10.2 Å². The molecule has 0 bridgehead atoms. The van der Waals surface area contributed by atoms with E-state index in [1.165, 1.54) is 9.71 Å². The molecule has 3 heterocycles. The zero-order valence-electron chi connectivity index (χ0n) is 19.6. The van der Waals surface area contributed by atoms with Gasteiger partial charge in [0.1, 0.15) is 5.01 Å². The summed E-state index contributed by atoms with van der Waals surface area (Å²) in [6.45, 7) is 9.51. The van der Waals surface area contributed by atoms with Crippen molar-refractivity contribution in [3.8, 4) is 0 Å². The van der Waals surface area contributed by atoms with E-state index in [-0.39, 0.29) is 5.91 Å². The van der Waals surface area contributed by atoms with Gasteiger partial charge in [0.05, 0.1) is 28.1 Å². The molecule has 1 aliphatic heterocycles. The molecule has 0 atom stereocenters. The van der Waals surface area contributed by atoms with Gasteiger partial charge in [-0.05, 0) is 30.2 Å². The lowest BCUT2D eigenvalue weighted by Gasteiger charge is -2.33. The van der Waals surface area contributed by atoms with E-state index in [0.29, 0.717) is 0 Å². The van der Waals surface area contributed by atoms with E-state index in [0.717, 1.165) is 73.3 Å². The number of hydrogen-bond acceptors (Lipinski definition) is 7. The van der Waals surface area contributed by atoms with Gasteiger partial charge in [0, 0.05) is 45.0 Å². The summed E-state index contributed by atoms with van der Waals surface area (Å²) in [5.74, 6) is -0.00902. The second kappa shape index (κ2) is 10.3. The van der Waals surface area contributed by atoms with Crippen LogP contribution in [0, 0.1) is 0 Å². The largest absolute Gasteiger partial charge is 0.295 e. The Morgan fingerprint density at radius 1 is 0.971 bits per heavy atom. The smallest absolute Gasteiger partial charge is 0.230 e. The van der Waals surface area contributed by atoms with Crippen molar-refractivity contribution >= 4 is 49.6 Å². The summed E-state index contributed by atoms with van der Waals surface area (Å²) >= 11 is 3.34. The number of carbonyl (C=O) groups excluding carboxylic acids is 1. The van der Waals surface area contributed by atoms with Crippen LogP contribution in [0.2, 0.25) is 0 Å². The summed E-state index contributed by atoms with van der Waals surface area (Å²) in [4.78, 5) is 28.9. The molecule has 0 unspecified atom stereocenters. The maximum atomic E-state index is 12.5. The van der Waals surface area contributed by atoms with Gasteiger partial charge in [-0.2, -0.15) is 0 Å². The van der Waals surface area contributed by atoms with Gasteiger partial charge in [-0.25, -0.2) is 9.97 Å². The zero-order valence-corrected chi connectivity index (χ0v) is 21.2. The summed E-state index contributed by atoms with van der Waals surface area (Å²) < 4.78 is 1.26. The van der Waals surface area contributed by atoms with Crippen LogP contribution < -0.4 is 4.90 Å². The highest BCUT2D eigenvalue weighted by Crippen LogP contribution is 2.32. The van der Waals surface area contributed by atoms with Crippen LogP contribution >= 0.6 is 22.7 Å². The Morgan fingerprint density at radius 2 is 1.68 bits per heavy atom. The van der Waals surface area contributed by atoms with Gasteiger partial charge in [-0.3, -0.25) is 19.5 Å². The molecule has 1 saturated heterocycles. The number of amides is 1. The number of carbonyl (C=O) groups is 1. The minimum Gasteiger partial charge on any atom is -0.295 e. The fraction of sp³-hybridized carbons (Fsp3) is 0.346. The summed E-state index contributed by atoms with van der Waals surface area (Å²) in [5.41, 5.74) is 4.21. The average molecular weight is 492 g/mol. The predicted octanol–water partition coefficient (Wildman–Crippen LogP) is 5.32. The predicted molar refractivity (Wildman–Crippen MR) is 141 cm³/mol. The van der Waals surface area contributed by atoms with E-state index in [9.17, 15) is 4.79 Å². The Bertz CT molecular complexity index is 1240. The van der Waals surface area contributed by atoms with Crippen molar-refractivity contribution in [3.63, 3.8) is 0 Å². The molecule has 34 heavy (non-hydrogen) atoms. The number of hydrogen-bond donors (Lipinski definition) is 0. The Morgan fingerprint density at radius 3 is 2.41 bits per heavy atom. The van der Waals surface area contributed by atoms with E-state index in [2.05, 4.69) is 46.4 Å². The Labute approximate surface area is 208 Å². The minimum absolute atomic E-state index is 0.00902. The van der Waals surface area contributed by atoms with Gasteiger partial charge in [0.25, 0.3) is 0 Å². The molecule has 2 aromatic carbocycles. The molecule has 0 radical (unpaired) electrons. The van der Waals surface area contributed by atoms with E-state index in [1.54, 1.807) is 34.5 Å². The number of aromatic nitrogens is 2. The van der Waals surface area contributed by atoms with Crippen LogP contribution in [0.5, 0.6) is 0 Å². The number of benzene rings is 2. The first-order valence-electron chi connectivity index (χ1n) is 11.7. The normalized spacial score (nSPS) is 15.1. The number of para-hydroxylation sites is 2. The second-order valence-electron chi connectivity index (χ2n) is 8.59. The fourth-order valence-electron chi connectivity index (χ4n) is 4.42. The van der Waals surface area contributed by atoms with Crippen molar-refractivity contribution in [2.75, 3.05) is 31.1 Å². The van der Waals surface area contributed by atoms with E-state index in [1.807, 2.05) is 24.3 Å². The third-order valence-electron chi connectivity index (χ3n) is 6.21. The quantitative estimate of drug-likeness (QED) is 0.350. The van der Waals surface area contributed by atoms with Gasteiger partial charge in [0.2, 0.25) is 5.91 Å². The number of rotatable bonds is 7. The second-order valence-corrected chi connectivity index (χ2v) is 10.5. The topological polar surface area (TPSA) is 52.6 Å². The van der Waals surface area contributed by atoms with Gasteiger partial charge in [-0.15, -0.1) is 22.7 Å². The van der Waals surface area contributed by atoms with Crippen molar-refractivity contribution in [2.24, 2.45) is 0 Å². The lowest BCUT2D eigenvalue weighted by atomic mass is 10.1. The molecule has 0 spiro atoms. The number of nitrogens with zero attached hydrogens (tertiary/aromatic N) is 5. The molecule has 0 saturated carbocycles. The first-order chi connectivity index (χ1) is 16.6. The summed E-state index contributed by atoms with van der Waals surface area (Å²) in [6.07, 6.45) is 0.874. The van der Waals surface area contributed by atoms with E-state index in [4.69, 9.17) is 9.97 Å². The number of thiazole rings is 2. The molecular formula is C26H29N5OS2. The van der Waals surface area contributed by atoms with Crippen molar-refractivity contribution < 1.29 is 4.79 Å². The summed E-state index contributed by atoms with van der Waals surface area (Å²) in [6, 6.07) is 16.4. The Balaban J connectivity index is 1.20. The average Bonchev–Trinajstić information content (AvgIpc) is 3.47. The first kappa shape index (κ1) is 23.1. The van der Waals surface area contributed by atoms with Crippen molar-refractivity contribution in [3.05, 3.63) is 70.2 Å². The molecule has 8 heteroatoms. The van der Waals surface area contributed by atoms with Crippen molar-refractivity contribution in [1.29, 1.82) is 0 Å². The lowest BCUT2D eigenvalue weighted by Crippen LogP contribution is -2.45. The van der Waals surface area contributed by atoms with Crippen LogP contribution in [0.1, 0.15) is 30.1 Å². The molecule has 6 nitrogen and oxygen atoms in total. The summed E-state index contributed by atoms with van der Waals surface area (Å²) in [5, 5.41) is 4.03. The fourth-order valence-corrected chi connectivity index (χ4v) is 6.30. The highest BCUT2D eigenvalue weighted by molar-refractivity contribution is 7.18. The SMILES string of the molecule is CCc1ccccc1N(C(C)=O)c1nc(CN2CCN(Cc3nc4ccccc4s3)CC2)cs1. The molecule has 176 valence electrons. The van der Waals surface area contributed by atoms with Crippen LogP contribution in [0.3, 0.4) is 0 Å². The third-order valence-corrected chi connectivity index (χ3v) is 8.10. The Hall–Kier alpha value is -2.65. The molecule has 1 aliphatic rings. The Kier molecular flexibility index (Phi) is 7.01. The first-order valence-corrected chi connectivity index (χ1v) is 13.4. The molecule has 0 aliphatic carbocycles. The maximum absolute atomic E-state index is 12.5. The highest BCUT2D eigenvalue weighted by Gasteiger charge is 2.22. The molecule has 1 amide bonds. The van der Waals surface area contributed by atoms with Gasteiger partial charge in [-0.1, -0.05) is 37.3 Å². The van der Waals surface area contributed by atoms with Crippen LogP contribution in [0.15, 0.2) is 53.9 Å². The monoisotopic (exact) mass is 491 g/mol. The maximum Gasteiger partial charge on any atom is 0.230 e. The number of piperazine rings is 1. The third kappa shape index (κ3) is 5.05. The van der Waals surface area contributed by atoms with Gasteiger partial charge >= 0.3 is 0 Å². The van der Waals surface area contributed by atoms with Crippen molar-refractivity contribution in [1.82, 2.24) is 19.8 Å². The number of anilines is 2. The molecule has 0 N–H and O–H groups in total. The van der Waals surface area contributed by atoms with Crippen LogP contribution in [-0.2, 0) is 24.3 Å². The van der Waals surface area contributed by atoms with E-state index < -0.39 is 0 Å². The van der Waals surface area contributed by atoms with Crippen LogP contribution in [-0.4, -0.2) is 51.9 Å². The molecule has 1 fully saturated rings. The van der Waals surface area contributed by atoms with Gasteiger partial charge < -0.3 is 0 Å². The molecule has 5 rings (SSSR count). The molecular weight excluding hydrogens is 462 g/mol. The number of fused-ring (bicyclic) bond motifs is 1. The molecule has 2 aromatic heterocycles. The highest BCUT2D eigenvalue weighted by atomic mass is 32.1. The standard InChI is InChI=1S/C26H29N5OS2/c1-3-20-8-4-6-10-23(20)31(19(2)32)26-27-21(18-33-26)16-29-12-14-30(15-13-29)17-25-28-22-9-5-7-11-24(22)34-25/h4-11,18H,3,12-17H2,1-2H3. The van der Waals surface area contributed by atoms with Crippen LogP contribution in [0.4, 0.5) is 10.8 Å². The zero-order chi connectivity index (χ0) is 23.5. The summed E-state index contributed by atoms with van der Waals surface area (Å²) in [7, 11) is 0. The van der Waals surface area contributed by atoms with Crippen molar-refractivity contribution in [2.45, 2.75) is 33.4 Å². The van der Waals surface area contributed by atoms with E-state index >= 15 is 0 Å². The number of aryl methyl sites for hydroxylation is 1. The molecule has 4 aromatic rings. The van der Waals surface area contributed by atoms with Gasteiger partial charge in [0.15, 0.2) is 5.13 Å².